The van der Waals surface area contributed by atoms with Crippen LogP contribution in [0.1, 0.15) is 60.8 Å². The number of fused-ring (bicyclic) bond motifs is 3. The third-order valence-corrected chi connectivity index (χ3v) is 8.03. The van der Waals surface area contributed by atoms with Crippen LogP contribution in [-0.2, 0) is 6.54 Å². The highest BCUT2D eigenvalue weighted by Gasteiger charge is 2.46. The van der Waals surface area contributed by atoms with E-state index < -0.39 is 0 Å². The molecule has 1 unspecified atom stereocenters. The third-order valence-electron chi connectivity index (χ3n) is 8.03. The minimum absolute atomic E-state index is 0.354. The first kappa shape index (κ1) is 23.1. The molecule has 0 aliphatic carbocycles. The zero-order chi connectivity index (χ0) is 23.5. The van der Waals surface area contributed by atoms with E-state index in [0.29, 0.717) is 29.8 Å². The number of piperidine rings is 3. The lowest BCUT2D eigenvalue weighted by molar-refractivity contribution is 0.00462. The zero-order valence-electron chi connectivity index (χ0n) is 20.8. The minimum Gasteiger partial charge on any atom is -0.496 e. The lowest BCUT2D eigenvalue weighted by Crippen LogP contribution is -2.64. The summed E-state index contributed by atoms with van der Waals surface area (Å²) in [6, 6.07) is 29.8. The van der Waals surface area contributed by atoms with Crippen molar-refractivity contribution >= 4 is 0 Å². The van der Waals surface area contributed by atoms with Gasteiger partial charge in [-0.15, -0.1) is 0 Å². The smallest absolute Gasteiger partial charge is 0.123 e. The Kier molecular flexibility index (Phi) is 7.03. The molecule has 3 fully saturated rings. The van der Waals surface area contributed by atoms with E-state index in [0.717, 1.165) is 12.3 Å². The molecule has 178 valence electrons. The molecule has 0 radical (unpaired) electrons. The summed E-state index contributed by atoms with van der Waals surface area (Å²) in [6.07, 6.45) is 2.57. The second-order valence-corrected chi connectivity index (χ2v) is 10.3. The van der Waals surface area contributed by atoms with Crippen LogP contribution in [0, 0.1) is 5.92 Å². The van der Waals surface area contributed by atoms with Crippen LogP contribution < -0.4 is 10.1 Å². The molecule has 3 nitrogen and oxygen atoms in total. The first-order chi connectivity index (χ1) is 16.7. The van der Waals surface area contributed by atoms with Crippen molar-refractivity contribution in [3.05, 3.63) is 101 Å². The van der Waals surface area contributed by atoms with Crippen molar-refractivity contribution in [1.82, 2.24) is 10.2 Å². The highest BCUT2D eigenvalue weighted by molar-refractivity contribution is 5.39. The van der Waals surface area contributed by atoms with Crippen molar-refractivity contribution in [2.24, 2.45) is 5.92 Å². The molecule has 0 saturated carbocycles. The van der Waals surface area contributed by atoms with Crippen LogP contribution in [0.4, 0.5) is 0 Å². The van der Waals surface area contributed by atoms with E-state index in [-0.39, 0.29) is 0 Å². The van der Waals surface area contributed by atoms with E-state index in [1.807, 2.05) is 0 Å². The van der Waals surface area contributed by atoms with Crippen LogP contribution in [0.5, 0.6) is 5.75 Å². The Morgan fingerprint density at radius 1 is 0.853 bits per heavy atom. The summed E-state index contributed by atoms with van der Waals surface area (Å²) in [5.74, 6) is 2.56. The number of hydrogen-bond acceptors (Lipinski definition) is 3. The van der Waals surface area contributed by atoms with Gasteiger partial charge in [-0.2, -0.15) is 0 Å². The number of rotatable bonds is 8. The molecular weight excluding hydrogens is 416 g/mol. The molecule has 2 atom stereocenters. The quantitative estimate of drug-likeness (QED) is 0.438. The molecule has 6 rings (SSSR count). The Morgan fingerprint density at radius 3 is 2.03 bits per heavy atom. The lowest BCUT2D eigenvalue weighted by Gasteiger charge is -2.54. The topological polar surface area (TPSA) is 24.5 Å². The molecular formula is C31H38N2O. The Bertz CT molecular complexity index is 1020. The van der Waals surface area contributed by atoms with Gasteiger partial charge < -0.3 is 10.1 Å². The van der Waals surface area contributed by atoms with Crippen LogP contribution in [0.15, 0.2) is 78.9 Å². The largest absolute Gasteiger partial charge is 0.496 e. The highest BCUT2D eigenvalue weighted by atomic mass is 16.5. The van der Waals surface area contributed by atoms with E-state index in [4.69, 9.17) is 4.74 Å². The minimum atomic E-state index is 0.354. The van der Waals surface area contributed by atoms with Gasteiger partial charge in [0.1, 0.15) is 5.75 Å². The van der Waals surface area contributed by atoms with E-state index in [1.54, 1.807) is 7.11 Å². The molecule has 3 heterocycles. The molecule has 3 aliphatic heterocycles. The predicted molar refractivity (Wildman–Crippen MR) is 141 cm³/mol. The summed E-state index contributed by atoms with van der Waals surface area (Å²) in [4.78, 5) is 2.75. The van der Waals surface area contributed by atoms with E-state index in [9.17, 15) is 0 Å². The highest BCUT2D eigenvalue weighted by Crippen LogP contribution is 2.42. The third kappa shape index (κ3) is 4.64. The predicted octanol–water partition coefficient (Wildman–Crippen LogP) is 6.20. The van der Waals surface area contributed by atoms with Gasteiger partial charge in [0.15, 0.2) is 0 Å². The molecule has 0 amide bonds. The van der Waals surface area contributed by atoms with E-state index >= 15 is 0 Å². The van der Waals surface area contributed by atoms with Gasteiger partial charge in [0, 0.05) is 30.1 Å². The van der Waals surface area contributed by atoms with Crippen LogP contribution in [0.3, 0.4) is 0 Å². The van der Waals surface area contributed by atoms with Gasteiger partial charge in [0.2, 0.25) is 0 Å². The maximum absolute atomic E-state index is 5.74. The summed E-state index contributed by atoms with van der Waals surface area (Å²) in [6.45, 7) is 7.76. The molecule has 34 heavy (non-hydrogen) atoms. The summed E-state index contributed by atoms with van der Waals surface area (Å²) < 4.78 is 5.74. The summed E-state index contributed by atoms with van der Waals surface area (Å²) in [5, 5.41) is 4.06. The van der Waals surface area contributed by atoms with E-state index in [1.165, 1.54) is 48.2 Å². The maximum Gasteiger partial charge on any atom is 0.123 e. The second-order valence-electron chi connectivity index (χ2n) is 10.3. The average molecular weight is 455 g/mol. The van der Waals surface area contributed by atoms with Crippen molar-refractivity contribution in [3.63, 3.8) is 0 Å². The fraction of sp³-hybridized carbons (Fsp3) is 0.419. The number of nitrogens with zero attached hydrogens (tertiary/aromatic N) is 1. The molecule has 3 aliphatic rings. The van der Waals surface area contributed by atoms with Gasteiger partial charge in [0.05, 0.1) is 7.11 Å². The van der Waals surface area contributed by atoms with Crippen LogP contribution >= 0.6 is 0 Å². The number of benzene rings is 3. The SMILES string of the molecule is COc1ccc(C(C)C)cc1CN[C@@H]1C2CCN(CC2)C1C(c1ccccc1)c1ccccc1. The van der Waals surface area contributed by atoms with Gasteiger partial charge in [-0.05, 0) is 60.5 Å². The second kappa shape index (κ2) is 10.3. The van der Waals surface area contributed by atoms with Crippen molar-refractivity contribution in [3.8, 4) is 5.75 Å². The molecule has 3 aromatic carbocycles. The van der Waals surface area contributed by atoms with Gasteiger partial charge in [0.25, 0.3) is 0 Å². The Labute approximate surface area is 205 Å². The maximum atomic E-state index is 5.74. The Balaban J connectivity index is 1.48. The molecule has 3 saturated heterocycles. The first-order valence-corrected chi connectivity index (χ1v) is 12.9. The molecule has 3 aromatic rings. The number of ether oxygens (including phenoxy) is 1. The van der Waals surface area contributed by atoms with Gasteiger partial charge in [-0.1, -0.05) is 86.6 Å². The molecule has 1 N–H and O–H groups in total. The van der Waals surface area contributed by atoms with Crippen LogP contribution in [-0.4, -0.2) is 37.2 Å². The summed E-state index contributed by atoms with van der Waals surface area (Å²) >= 11 is 0. The Hall–Kier alpha value is -2.62. The zero-order valence-corrected chi connectivity index (χ0v) is 20.8. The van der Waals surface area contributed by atoms with Crippen LogP contribution in [0.2, 0.25) is 0 Å². The molecule has 3 heteroatoms. The van der Waals surface area contributed by atoms with Crippen LogP contribution in [0.25, 0.3) is 0 Å². The molecule has 2 bridgehead atoms. The number of nitrogens with one attached hydrogen (secondary N) is 1. The van der Waals surface area contributed by atoms with Crippen molar-refractivity contribution < 1.29 is 4.74 Å². The van der Waals surface area contributed by atoms with E-state index in [2.05, 4.69) is 103 Å². The number of methoxy groups -OCH3 is 1. The average Bonchev–Trinajstić information content (AvgIpc) is 2.89. The monoisotopic (exact) mass is 454 g/mol. The fourth-order valence-corrected chi connectivity index (χ4v) is 6.22. The van der Waals surface area contributed by atoms with Gasteiger partial charge in [-0.25, -0.2) is 0 Å². The van der Waals surface area contributed by atoms with Gasteiger partial charge in [-0.3, -0.25) is 4.90 Å². The van der Waals surface area contributed by atoms with Crippen molar-refractivity contribution in [2.75, 3.05) is 20.2 Å². The first-order valence-electron chi connectivity index (χ1n) is 12.9. The fourth-order valence-electron chi connectivity index (χ4n) is 6.22. The van der Waals surface area contributed by atoms with Crippen molar-refractivity contribution in [2.45, 2.75) is 57.2 Å². The Morgan fingerprint density at radius 2 is 1.47 bits per heavy atom. The van der Waals surface area contributed by atoms with Crippen molar-refractivity contribution in [1.29, 1.82) is 0 Å². The summed E-state index contributed by atoms with van der Waals surface area (Å²) in [7, 11) is 1.78. The molecule has 0 spiro atoms. The normalized spacial score (nSPS) is 24.0. The van der Waals surface area contributed by atoms with Gasteiger partial charge >= 0.3 is 0 Å². The standard InChI is InChI=1S/C31H38N2O/c1-22(2)26-14-15-28(34-3)27(20-26)21-32-30-25-16-18-33(19-17-25)31(30)29(23-10-6-4-7-11-23)24-12-8-5-9-13-24/h4-15,20,22,25,29-32H,16-19,21H2,1-3H3/t30-,31?/m1/s1. The molecule has 0 aromatic heterocycles. The lowest BCUT2D eigenvalue weighted by atomic mass is 9.70. The summed E-state index contributed by atoms with van der Waals surface area (Å²) in [5.41, 5.74) is 5.46. The number of hydrogen-bond donors (Lipinski definition) is 1.